The average Bonchev–Trinajstić information content (AvgIpc) is 3.17. The minimum Gasteiger partial charge on any atom is -0.493 e. The molecule has 0 aliphatic rings. The third-order valence-corrected chi connectivity index (χ3v) is 5.57. The number of anilines is 2. The predicted molar refractivity (Wildman–Crippen MR) is 132 cm³/mol. The van der Waals surface area contributed by atoms with Crippen LogP contribution in [0.25, 0.3) is 11.0 Å². The first kappa shape index (κ1) is 22.5. The summed E-state index contributed by atoms with van der Waals surface area (Å²) in [4.78, 5) is 29.2. The van der Waals surface area contributed by atoms with Gasteiger partial charge in [-0.25, -0.2) is 4.79 Å². The minimum atomic E-state index is -0.267. The maximum absolute atomic E-state index is 12.3. The molecule has 170 valence electrons. The average molecular weight is 511 g/mol. The lowest BCUT2D eigenvalue weighted by molar-refractivity contribution is -0.118. The summed E-state index contributed by atoms with van der Waals surface area (Å²) in [6.45, 7) is 2.35. The molecule has 8 nitrogen and oxygen atoms in total. The first-order chi connectivity index (χ1) is 15.9. The van der Waals surface area contributed by atoms with Crippen LogP contribution in [0.3, 0.4) is 0 Å². The van der Waals surface area contributed by atoms with Crippen molar-refractivity contribution in [2.45, 2.75) is 13.5 Å². The lowest BCUT2D eigenvalue weighted by Crippen LogP contribution is -2.20. The molecular weight excluding hydrogens is 488 g/mol. The van der Waals surface area contributed by atoms with E-state index >= 15 is 0 Å². The van der Waals surface area contributed by atoms with Crippen molar-refractivity contribution in [3.05, 3.63) is 80.7 Å². The lowest BCUT2D eigenvalue weighted by atomic mass is 10.2. The Hall–Kier alpha value is -3.72. The number of H-pyrrole nitrogens is 2. The van der Waals surface area contributed by atoms with Crippen LogP contribution in [0.2, 0.25) is 0 Å². The number of aromatic nitrogens is 2. The predicted octanol–water partition coefficient (Wildman–Crippen LogP) is 4.57. The Labute approximate surface area is 198 Å². The van der Waals surface area contributed by atoms with E-state index in [4.69, 9.17) is 9.47 Å². The van der Waals surface area contributed by atoms with Gasteiger partial charge in [0.2, 0.25) is 0 Å². The first-order valence-electron chi connectivity index (χ1n) is 10.2. The number of carbonyl (C=O) groups excluding carboxylic acids is 1. The van der Waals surface area contributed by atoms with Crippen LogP contribution in [0.1, 0.15) is 11.1 Å². The second-order valence-electron chi connectivity index (χ2n) is 7.50. The van der Waals surface area contributed by atoms with Crippen molar-refractivity contribution in [3.8, 4) is 11.5 Å². The van der Waals surface area contributed by atoms with Gasteiger partial charge in [0.25, 0.3) is 5.91 Å². The van der Waals surface area contributed by atoms with Crippen molar-refractivity contribution in [1.29, 1.82) is 0 Å². The van der Waals surface area contributed by atoms with Crippen molar-refractivity contribution in [2.75, 3.05) is 24.4 Å². The molecule has 9 heteroatoms. The second-order valence-corrected chi connectivity index (χ2v) is 8.36. The van der Waals surface area contributed by atoms with Gasteiger partial charge in [-0.3, -0.25) is 4.79 Å². The zero-order valence-corrected chi connectivity index (χ0v) is 19.7. The summed E-state index contributed by atoms with van der Waals surface area (Å²) in [6, 6.07) is 16.9. The number of aryl methyl sites for hydroxylation is 1. The van der Waals surface area contributed by atoms with E-state index in [2.05, 4.69) is 36.5 Å². The molecule has 0 spiro atoms. The molecule has 0 aliphatic carbocycles. The van der Waals surface area contributed by atoms with Gasteiger partial charge in [-0.15, -0.1) is 0 Å². The minimum absolute atomic E-state index is 0.157. The Morgan fingerprint density at radius 1 is 1.00 bits per heavy atom. The van der Waals surface area contributed by atoms with Crippen LogP contribution in [-0.4, -0.2) is 29.6 Å². The molecule has 0 bridgehead atoms. The molecule has 4 rings (SSSR count). The Morgan fingerprint density at radius 2 is 1.73 bits per heavy atom. The quantitative estimate of drug-likeness (QED) is 0.277. The fourth-order valence-electron chi connectivity index (χ4n) is 3.33. The number of rotatable bonds is 8. The van der Waals surface area contributed by atoms with Gasteiger partial charge < -0.3 is 30.1 Å². The number of halogens is 1. The highest BCUT2D eigenvalue weighted by molar-refractivity contribution is 9.10. The molecule has 4 aromatic rings. The fourth-order valence-corrected chi connectivity index (χ4v) is 3.94. The summed E-state index contributed by atoms with van der Waals surface area (Å²) in [5.74, 6) is 0.693. The Balaban J connectivity index is 1.40. The van der Waals surface area contributed by atoms with Crippen molar-refractivity contribution >= 4 is 44.2 Å². The monoisotopic (exact) mass is 510 g/mol. The summed E-state index contributed by atoms with van der Waals surface area (Å²) < 4.78 is 11.9. The molecule has 0 atom stereocenters. The summed E-state index contributed by atoms with van der Waals surface area (Å²) >= 11 is 3.52. The van der Waals surface area contributed by atoms with Crippen LogP contribution in [0.5, 0.6) is 11.5 Å². The molecule has 0 saturated carbocycles. The largest absolute Gasteiger partial charge is 0.493 e. The smallest absolute Gasteiger partial charge is 0.323 e. The van der Waals surface area contributed by atoms with E-state index in [1.54, 1.807) is 7.11 Å². The van der Waals surface area contributed by atoms with Crippen LogP contribution in [0.4, 0.5) is 11.4 Å². The third-order valence-electron chi connectivity index (χ3n) is 4.98. The molecule has 0 aliphatic heterocycles. The highest BCUT2D eigenvalue weighted by atomic mass is 79.9. The van der Waals surface area contributed by atoms with Crippen molar-refractivity contribution in [3.63, 3.8) is 0 Å². The Kier molecular flexibility index (Phi) is 6.69. The van der Waals surface area contributed by atoms with Crippen molar-refractivity contribution < 1.29 is 14.3 Å². The van der Waals surface area contributed by atoms with Gasteiger partial charge >= 0.3 is 5.69 Å². The number of hydrogen-bond acceptors (Lipinski definition) is 5. The highest BCUT2D eigenvalue weighted by Gasteiger charge is 2.14. The van der Waals surface area contributed by atoms with Gasteiger partial charge in [0.1, 0.15) is 0 Å². The van der Waals surface area contributed by atoms with Crippen molar-refractivity contribution in [1.82, 2.24) is 9.97 Å². The van der Waals surface area contributed by atoms with E-state index in [-0.39, 0.29) is 18.2 Å². The standard InChI is InChI=1S/C24H23BrN4O4/c1-14-3-5-16(6-4-14)27-22(30)13-33-23-18(25)9-15(10-21(23)32-2)12-26-17-7-8-19-20(11-17)29-24(31)28-19/h3-11,26H,12-13H2,1-2H3,(H,27,30)(H2,28,29,31). The number of methoxy groups -OCH3 is 1. The number of benzene rings is 3. The van der Waals surface area contributed by atoms with E-state index < -0.39 is 0 Å². The number of ether oxygens (including phenoxy) is 2. The van der Waals surface area contributed by atoms with Gasteiger partial charge in [0.15, 0.2) is 18.1 Å². The molecule has 1 aromatic heterocycles. The summed E-state index contributed by atoms with van der Waals surface area (Å²) in [6.07, 6.45) is 0. The summed E-state index contributed by atoms with van der Waals surface area (Å²) in [5.41, 5.74) is 4.88. The Morgan fingerprint density at radius 3 is 2.48 bits per heavy atom. The van der Waals surface area contributed by atoms with E-state index in [0.29, 0.717) is 28.2 Å². The number of aromatic amines is 2. The molecule has 1 amide bonds. The molecule has 0 unspecified atom stereocenters. The maximum atomic E-state index is 12.3. The number of nitrogens with one attached hydrogen (secondary N) is 4. The molecular formula is C24H23BrN4O4. The first-order valence-corrected chi connectivity index (χ1v) is 11.0. The van der Waals surface area contributed by atoms with E-state index in [9.17, 15) is 9.59 Å². The lowest BCUT2D eigenvalue weighted by Gasteiger charge is -2.15. The number of carbonyl (C=O) groups is 1. The third kappa shape index (κ3) is 5.56. The molecule has 0 fully saturated rings. The van der Waals surface area contributed by atoms with Gasteiger partial charge in [-0.1, -0.05) is 17.7 Å². The van der Waals surface area contributed by atoms with Gasteiger partial charge in [-0.2, -0.15) is 0 Å². The van der Waals surface area contributed by atoms with Gasteiger partial charge in [0.05, 0.1) is 22.6 Å². The topological polar surface area (TPSA) is 108 Å². The summed E-state index contributed by atoms with van der Waals surface area (Å²) in [5, 5.41) is 6.13. The van der Waals surface area contributed by atoms with E-state index in [1.807, 2.05) is 61.5 Å². The fraction of sp³-hybridized carbons (Fsp3) is 0.167. The van der Waals surface area contributed by atoms with Crippen LogP contribution in [0, 0.1) is 6.92 Å². The van der Waals surface area contributed by atoms with Crippen LogP contribution < -0.4 is 25.8 Å². The summed E-state index contributed by atoms with van der Waals surface area (Å²) in [7, 11) is 1.55. The molecule has 3 aromatic carbocycles. The van der Waals surface area contributed by atoms with Gasteiger partial charge in [0, 0.05) is 17.9 Å². The van der Waals surface area contributed by atoms with Gasteiger partial charge in [-0.05, 0) is 70.9 Å². The molecule has 0 saturated heterocycles. The van der Waals surface area contributed by atoms with Crippen LogP contribution in [0.15, 0.2) is 63.9 Å². The maximum Gasteiger partial charge on any atom is 0.323 e. The molecule has 1 heterocycles. The van der Waals surface area contributed by atoms with E-state index in [0.717, 1.165) is 27.8 Å². The normalized spacial score (nSPS) is 10.8. The number of imidazole rings is 1. The number of fused-ring (bicyclic) bond motifs is 1. The van der Waals surface area contributed by atoms with E-state index in [1.165, 1.54) is 0 Å². The molecule has 0 radical (unpaired) electrons. The molecule has 33 heavy (non-hydrogen) atoms. The van der Waals surface area contributed by atoms with Crippen LogP contribution in [-0.2, 0) is 11.3 Å². The Bertz CT molecular complexity index is 1350. The van der Waals surface area contributed by atoms with Crippen molar-refractivity contribution in [2.24, 2.45) is 0 Å². The number of amides is 1. The highest BCUT2D eigenvalue weighted by Crippen LogP contribution is 2.37. The molecule has 4 N–H and O–H groups in total. The zero-order valence-electron chi connectivity index (χ0n) is 18.1. The van der Waals surface area contributed by atoms with Crippen LogP contribution >= 0.6 is 15.9 Å². The number of hydrogen-bond donors (Lipinski definition) is 4. The second kappa shape index (κ2) is 9.83. The zero-order chi connectivity index (χ0) is 23.4. The SMILES string of the molecule is COc1cc(CNc2ccc3[nH]c(=O)[nH]c3c2)cc(Br)c1OCC(=O)Nc1ccc(C)cc1.